The van der Waals surface area contributed by atoms with Crippen molar-refractivity contribution in [3.8, 4) is 0 Å². The molecule has 1 aromatic heterocycles. The average Bonchev–Trinajstić information content (AvgIpc) is 3.05. The third-order valence-electron chi connectivity index (χ3n) is 3.46. The number of hydrogen-bond donors (Lipinski definition) is 0. The van der Waals surface area contributed by atoms with Crippen molar-refractivity contribution in [2.75, 3.05) is 0 Å². The third kappa shape index (κ3) is 1.86. The van der Waals surface area contributed by atoms with E-state index in [2.05, 4.69) is 15.7 Å². The van der Waals surface area contributed by atoms with Crippen LogP contribution >= 0.6 is 11.5 Å². The van der Waals surface area contributed by atoms with E-state index in [1.54, 1.807) is 0 Å². The first-order chi connectivity index (χ1) is 8.79. The van der Waals surface area contributed by atoms with E-state index in [0.717, 1.165) is 30.5 Å². The number of aryl methyl sites for hydroxylation is 3. The highest BCUT2D eigenvalue weighted by atomic mass is 32.1. The molecule has 0 radical (unpaired) electrons. The molecule has 1 aliphatic carbocycles. The molecular weight excluding hydrogens is 244 g/mol. The lowest BCUT2D eigenvalue weighted by molar-refractivity contribution is 0.104. The van der Waals surface area contributed by atoms with Gasteiger partial charge in [-0.05, 0) is 54.4 Å². The Morgan fingerprint density at radius 3 is 3.00 bits per heavy atom. The maximum Gasteiger partial charge on any atom is 0.206 e. The SMILES string of the molecule is CCc1nnsc1C(=O)c1ccc2c(c1)CCC2. The molecule has 3 nitrogen and oxygen atoms in total. The van der Waals surface area contributed by atoms with Crippen LogP contribution in [-0.2, 0) is 19.3 Å². The van der Waals surface area contributed by atoms with Crippen LogP contribution in [0.25, 0.3) is 0 Å². The molecule has 0 aliphatic heterocycles. The van der Waals surface area contributed by atoms with Gasteiger partial charge in [0.25, 0.3) is 0 Å². The largest absolute Gasteiger partial charge is 0.288 e. The molecule has 1 aliphatic rings. The van der Waals surface area contributed by atoms with Gasteiger partial charge in [-0.15, -0.1) is 5.10 Å². The smallest absolute Gasteiger partial charge is 0.206 e. The summed E-state index contributed by atoms with van der Waals surface area (Å²) in [4.78, 5) is 13.1. The number of benzene rings is 1. The van der Waals surface area contributed by atoms with Crippen molar-refractivity contribution < 1.29 is 4.79 Å². The number of aromatic nitrogens is 2. The Balaban J connectivity index is 1.98. The Labute approximate surface area is 110 Å². The Morgan fingerprint density at radius 2 is 2.17 bits per heavy atom. The van der Waals surface area contributed by atoms with E-state index in [4.69, 9.17) is 0 Å². The van der Waals surface area contributed by atoms with Crippen molar-refractivity contribution in [2.45, 2.75) is 32.6 Å². The molecule has 18 heavy (non-hydrogen) atoms. The van der Waals surface area contributed by atoms with Crippen LogP contribution in [0, 0.1) is 0 Å². The van der Waals surface area contributed by atoms with Crippen LogP contribution in [0.15, 0.2) is 18.2 Å². The normalized spacial score (nSPS) is 13.6. The maximum absolute atomic E-state index is 12.4. The summed E-state index contributed by atoms with van der Waals surface area (Å²) < 4.78 is 3.88. The summed E-state index contributed by atoms with van der Waals surface area (Å²) in [5, 5.41) is 4.00. The van der Waals surface area contributed by atoms with Gasteiger partial charge in [-0.25, -0.2) is 0 Å². The van der Waals surface area contributed by atoms with E-state index in [-0.39, 0.29) is 5.78 Å². The number of hydrogen-bond acceptors (Lipinski definition) is 4. The number of nitrogens with zero attached hydrogens (tertiary/aromatic N) is 2. The first-order valence-electron chi connectivity index (χ1n) is 6.27. The van der Waals surface area contributed by atoms with Crippen LogP contribution in [0.1, 0.15) is 45.4 Å². The zero-order valence-electron chi connectivity index (χ0n) is 10.3. The maximum atomic E-state index is 12.4. The quantitative estimate of drug-likeness (QED) is 0.795. The van der Waals surface area contributed by atoms with Gasteiger partial charge in [-0.3, -0.25) is 4.79 Å². The van der Waals surface area contributed by atoms with Crippen molar-refractivity contribution in [2.24, 2.45) is 0 Å². The van der Waals surface area contributed by atoms with Gasteiger partial charge in [0.15, 0.2) is 0 Å². The lowest BCUT2D eigenvalue weighted by atomic mass is 10.0. The second kappa shape index (κ2) is 4.61. The summed E-state index contributed by atoms with van der Waals surface area (Å²) >= 11 is 1.20. The monoisotopic (exact) mass is 258 g/mol. The van der Waals surface area contributed by atoms with Gasteiger partial charge >= 0.3 is 0 Å². The number of carbonyl (C=O) groups excluding carboxylic acids is 1. The fourth-order valence-electron chi connectivity index (χ4n) is 2.46. The van der Waals surface area contributed by atoms with Crippen LogP contribution in [0.5, 0.6) is 0 Å². The molecule has 0 amide bonds. The predicted molar refractivity (Wildman–Crippen MR) is 71.2 cm³/mol. The summed E-state index contributed by atoms with van der Waals surface area (Å²) in [5.41, 5.74) is 4.31. The molecule has 2 aromatic rings. The molecule has 0 saturated carbocycles. The van der Waals surface area contributed by atoms with Crippen LogP contribution in [0.2, 0.25) is 0 Å². The van der Waals surface area contributed by atoms with E-state index in [1.807, 2.05) is 19.1 Å². The van der Waals surface area contributed by atoms with E-state index in [9.17, 15) is 4.79 Å². The van der Waals surface area contributed by atoms with Crippen molar-refractivity contribution in [1.29, 1.82) is 0 Å². The molecule has 3 rings (SSSR count). The van der Waals surface area contributed by atoms with E-state index in [1.165, 1.54) is 29.1 Å². The minimum Gasteiger partial charge on any atom is -0.288 e. The number of carbonyl (C=O) groups is 1. The summed E-state index contributed by atoms with van der Waals surface area (Å²) in [6.07, 6.45) is 4.20. The summed E-state index contributed by atoms with van der Waals surface area (Å²) in [5.74, 6) is 0.0663. The summed E-state index contributed by atoms with van der Waals surface area (Å²) in [6.45, 7) is 2.00. The molecule has 0 N–H and O–H groups in total. The molecular formula is C14H14N2OS. The number of rotatable bonds is 3. The molecule has 0 fully saturated rings. The molecule has 92 valence electrons. The number of ketones is 1. The van der Waals surface area contributed by atoms with Crippen molar-refractivity contribution >= 4 is 17.3 Å². The zero-order valence-corrected chi connectivity index (χ0v) is 11.1. The van der Waals surface area contributed by atoms with E-state index < -0.39 is 0 Å². The fraction of sp³-hybridized carbons (Fsp3) is 0.357. The van der Waals surface area contributed by atoms with Gasteiger partial charge in [0.2, 0.25) is 5.78 Å². The Hall–Kier alpha value is -1.55. The number of fused-ring (bicyclic) bond motifs is 1. The van der Waals surface area contributed by atoms with Crippen molar-refractivity contribution in [3.63, 3.8) is 0 Å². The van der Waals surface area contributed by atoms with Crippen LogP contribution < -0.4 is 0 Å². The predicted octanol–water partition coefficient (Wildman–Crippen LogP) is 2.82. The van der Waals surface area contributed by atoms with E-state index in [0.29, 0.717) is 4.88 Å². The molecule has 0 atom stereocenters. The van der Waals surface area contributed by atoms with Crippen molar-refractivity contribution in [1.82, 2.24) is 9.59 Å². The molecule has 0 spiro atoms. The minimum atomic E-state index is 0.0663. The average molecular weight is 258 g/mol. The molecule has 0 saturated heterocycles. The molecule has 1 aromatic carbocycles. The van der Waals surface area contributed by atoms with Gasteiger partial charge in [0, 0.05) is 5.56 Å². The second-order valence-electron chi connectivity index (χ2n) is 4.57. The van der Waals surface area contributed by atoms with Crippen LogP contribution in [0.4, 0.5) is 0 Å². The van der Waals surface area contributed by atoms with Crippen molar-refractivity contribution in [3.05, 3.63) is 45.5 Å². The topological polar surface area (TPSA) is 42.9 Å². The Morgan fingerprint density at radius 1 is 1.33 bits per heavy atom. The Kier molecular flexibility index (Phi) is 2.96. The highest BCUT2D eigenvalue weighted by Gasteiger charge is 2.19. The lowest BCUT2D eigenvalue weighted by Crippen LogP contribution is -2.03. The standard InChI is InChI=1S/C14H14N2OS/c1-2-12-14(18-16-15-12)13(17)11-7-6-9-4-3-5-10(9)8-11/h6-8H,2-5H2,1H3. The highest BCUT2D eigenvalue weighted by Crippen LogP contribution is 2.25. The Bertz CT molecular complexity index is 604. The lowest BCUT2D eigenvalue weighted by Gasteiger charge is -2.03. The highest BCUT2D eigenvalue weighted by molar-refractivity contribution is 7.08. The van der Waals surface area contributed by atoms with Gasteiger partial charge in [-0.1, -0.05) is 23.5 Å². The third-order valence-corrected chi connectivity index (χ3v) is 4.22. The zero-order chi connectivity index (χ0) is 12.5. The first kappa shape index (κ1) is 11.5. The van der Waals surface area contributed by atoms with Crippen LogP contribution in [0.3, 0.4) is 0 Å². The van der Waals surface area contributed by atoms with Gasteiger partial charge < -0.3 is 0 Å². The molecule has 1 heterocycles. The van der Waals surface area contributed by atoms with Gasteiger partial charge in [0.05, 0.1) is 5.69 Å². The molecule has 0 unspecified atom stereocenters. The van der Waals surface area contributed by atoms with E-state index >= 15 is 0 Å². The van der Waals surface area contributed by atoms with Gasteiger partial charge in [-0.2, -0.15) is 0 Å². The second-order valence-corrected chi connectivity index (χ2v) is 5.32. The summed E-state index contributed by atoms with van der Waals surface area (Å²) in [7, 11) is 0. The molecule has 0 bridgehead atoms. The fourth-order valence-corrected chi connectivity index (χ4v) is 3.17. The first-order valence-corrected chi connectivity index (χ1v) is 7.04. The molecule has 4 heteroatoms. The summed E-state index contributed by atoms with van der Waals surface area (Å²) in [6, 6.07) is 6.07. The van der Waals surface area contributed by atoms with Crippen LogP contribution in [-0.4, -0.2) is 15.4 Å². The minimum absolute atomic E-state index is 0.0663. The van der Waals surface area contributed by atoms with Gasteiger partial charge in [0.1, 0.15) is 4.88 Å².